The van der Waals surface area contributed by atoms with Crippen LogP contribution in [0.4, 0.5) is 5.69 Å². The molecule has 2 aromatic carbocycles. The van der Waals surface area contributed by atoms with Crippen molar-refractivity contribution >= 4 is 21.6 Å². The van der Waals surface area contributed by atoms with Crippen molar-refractivity contribution in [3.05, 3.63) is 59.7 Å². The Morgan fingerprint density at radius 3 is 2.45 bits per heavy atom. The number of hydrogen-bond donors (Lipinski definition) is 1. The highest BCUT2D eigenvalue weighted by Gasteiger charge is 2.27. The van der Waals surface area contributed by atoms with Gasteiger partial charge in [0.25, 0.3) is 5.91 Å². The zero-order valence-corrected chi connectivity index (χ0v) is 17.3. The van der Waals surface area contributed by atoms with E-state index < -0.39 is 10.0 Å². The summed E-state index contributed by atoms with van der Waals surface area (Å²) >= 11 is 0. The Hall–Kier alpha value is -2.38. The molecule has 0 atom stereocenters. The fourth-order valence-electron chi connectivity index (χ4n) is 4.07. The topological polar surface area (TPSA) is 69.7 Å². The van der Waals surface area contributed by atoms with Crippen LogP contribution in [-0.2, 0) is 16.4 Å². The minimum Gasteiger partial charge on any atom is -0.371 e. The summed E-state index contributed by atoms with van der Waals surface area (Å²) in [6.45, 7) is 3.67. The third-order valence-electron chi connectivity index (χ3n) is 5.69. The first-order valence-electron chi connectivity index (χ1n) is 10.3. The van der Waals surface area contributed by atoms with E-state index in [9.17, 15) is 13.2 Å². The van der Waals surface area contributed by atoms with Gasteiger partial charge >= 0.3 is 0 Å². The molecule has 2 heterocycles. The summed E-state index contributed by atoms with van der Waals surface area (Å²) in [6, 6.07) is 14.7. The summed E-state index contributed by atoms with van der Waals surface area (Å²) in [5.41, 5.74) is 3.17. The van der Waals surface area contributed by atoms with Crippen LogP contribution in [0.1, 0.15) is 35.2 Å². The van der Waals surface area contributed by atoms with Crippen molar-refractivity contribution in [3.63, 3.8) is 0 Å². The van der Waals surface area contributed by atoms with Gasteiger partial charge in [-0.2, -0.15) is 4.31 Å². The number of anilines is 1. The van der Waals surface area contributed by atoms with Crippen molar-refractivity contribution in [2.45, 2.75) is 30.6 Å². The molecule has 2 aliphatic rings. The van der Waals surface area contributed by atoms with E-state index in [-0.39, 0.29) is 10.8 Å². The lowest BCUT2D eigenvalue weighted by Crippen LogP contribution is -2.29. The van der Waals surface area contributed by atoms with E-state index in [4.69, 9.17) is 0 Å². The Bertz CT molecular complexity index is 967. The van der Waals surface area contributed by atoms with Crippen molar-refractivity contribution < 1.29 is 13.2 Å². The van der Waals surface area contributed by atoms with E-state index in [0.717, 1.165) is 38.8 Å². The van der Waals surface area contributed by atoms with Crippen molar-refractivity contribution in [2.24, 2.45) is 0 Å². The standard InChI is InChI=1S/C22H27N3O3S/c26-22(23-13-5-14-24-17-12-18-6-1-2-7-21(18)24)19-8-10-20(11-9-19)29(27,28)25-15-3-4-16-25/h1-2,6-11H,3-5,12-17H2,(H,23,26). The number of fused-ring (bicyclic) bond motifs is 1. The van der Waals surface area contributed by atoms with Crippen molar-refractivity contribution in [1.82, 2.24) is 9.62 Å². The van der Waals surface area contributed by atoms with Crippen LogP contribution < -0.4 is 10.2 Å². The summed E-state index contributed by atoms with van der Waals surface area (Å²) in [4.78, 5) is 15.0. The molecule has 0 spiro atoms. The van der Waals surface area contributed by atoms with Gasteiger partial charge in [-0.1, -0.05) is 18.2 Å². The lowest BCUT2D eigenvalue weighted by molar-refractivity contribution is 0.0953. The van der Waals surface area contributed by atoms with Crippen LogP contribution in [-0.4, -0.2) is 51.4 Å². The van der Waals surface area contributed by atoms with E-state index in [1.165, 1.54) is 27.7 Å². The monoisotopic (exact) mass is 413 g/mol. The Labute approximate surface area is 172 Å². The maximum atomic E-state index is 12.6. The molecule has 1 N–H and O–H groups in total. The second-order valence-corrected chi connectivity index (χ2v) is 9.55. The predicted molar refractivity (Wildman–Crippen MR) is 114 cm³/mol. The summed E-state index contributed by atoms with van der Waals surface area (Å²) in [6.07, 6.45) is 3.75. The smallest absolute Gasteiger partial charge is 0.251 e. The first-order valence-corrected chi connectivity index (χ1v) is 11.7. The van der Waals surface area contributed by atoms with Gasteiger partial charge in [-0.05, 0) is 61.6 Å². The summed E-state index contributed by atoms with van der Waals surface area (Å²) in [5.74, 6) is -0.169. The van der Waals surface area contributed by atoms with Gasteiger partial charge < -0.3 is 10.2 Å². The molecule has 6 nitrogen and oxygen atoms in total. The number of rotatable bonds is 7. The van der Waals surface area contributed by atoms with Crippen LogP contribution in [0.15, 0.2) is 53.4 Å². The number of carbonyl (C=O) groups is 1. The molecular weight excluding hydrogens is 386 g/mol. The molecule has 0 aromatic heterocycles. The van der Waals surface area contributed by atoms with Crippen LogP contribution in [0, 0.1) is 0 Å². The molecule has 0 unspecified atom stereocenters. The average molecular weight is 414 g/mol. The Morgan fingerprint density at radius 1 is 0.966 bits per heavy atom. The third-order valence-corrected chi connectivity index (χ3v) is 7.61. The molecule has 29 heavy (non-hydrogen) atoms. The van der Waals surface area contributed by atoms with E-state index in [1.807, 2.05) is 0 Å². The average Bonchev–Trinajstić information content (AvgIpc) is 3.42. The highest BCUT2D eigenvalue weighted by molar-refractivity contribution is 7.89. The number of hydrogen-bond acceptors (Lipinski definition) is 4. The molecule has 7 heteroatoms. The summed E-state index contributed by atoms with van der Waals surface area (Å²) < 4.78 is 26.6. The highest BCUT2D eigenvalue weighted by atomic mass is 32.2. The van der Waals surface area contributed by atoms with Crippen LogP contribution in [0.2, 0.25) is 0 Å². The number of sulfonamides is 1. The molecule has 0 bridgehead atoms. The van der Waals surface area contributed by atoms with Crippen LogP contribution in [0.5, 0.6) is 0 Å². The van der Waals surface area contributed by atoms with Crippen molar-refractivity contribution in [2.75, 3.05) is 37.6 Å². The molecule has 1 fully saturated rings. The molecule has 154 valence electrons. The highest BCUT2D eigenvalue weighted by Crippen LogP contribution is 2.27. The van der Waals surface area contributed by atoms with Gasteiger partial charge in [0.1, 0.15) is 0 Å². The molecule has 2 aliphatic heterocycles. The van der Waals surface area contributed by atoms with E-state index in [0.29, 0.717) is 25.2 Å². The zero-order chi connectivity index (χ0) is 20.3. The second-order valence-electron chi connectivity index (χ2n) is 7.61. The quantitative estimate of drug-likeness (QED) is 0.709. The fraction of sp³-hybridized carbons (Fsp3) is 0.409. The van der Waals surface area contributed by atoms with Crippen molar-refractivity contribution in [3.8, 4) is 0 Å². The Morgan fingerprint density at radius 2 is 1.69 bits per heavy atom. The molecule has 4 rings (SSSR count). The number of para-hydroxylation sites is 1. The Balaban J connectivity index is 1.27. The number of amides is 1. The maximum absolute atomic E-state index is 12.6. The number of nitrogens with one attached hydrogen (secondary N) is 1. The second kappa shape index (κ2) is 8.55. The molecular formula is C22H27N3O3S. The molecule has 1 amide bonds. The lowest BCUT2D eigenvalue weighted by atomic mass is 10.2. The normalized spacial score (nSPS) is 16.8. The summed E-state index contributed by atoms with van der Waals surface area (Å²) in [5, 5.41) is 2.93. The van der Waals surface area contributed by atoms with E-state index in [2.05, 4.69) is 34.5 Å². The first kappa shape index (κ1) is 19.9. The number of benzene rings is 2. The SMILES string of the molecule is O=C(NCCCN1CCc2ccccc21)c1ccc(S(=O)(=O)N2CCCC2)cc1. The minimum absolute atomic E-state index is 0.169. The van der Waals surface area contributed by atoms with E-state index >= 15 is 0 Å². The largest absolute Gasteiger partial charge is 0.371 e. The summed E-state index contributed by atoms with van der Waals surface area (Å²) in [7, 11) is -3.44. The minimum atomic E-state index is -3.44. The lowest BCUT2D eigenvalue weighted by Gasteiger charge is -2.19. The van der Waals surface area contributed by atoms with Gasteiger partial charge in [0, 0.05) is 44.0 Å². The van der Waals surface area contributed by atoms with Gasteiger partial charge in [-0.3, -0.25) is 4.79 Å². The number of carbonyl (C=O) groups excluding carboxylic acids is 1. The van der Waals surface area contributed by atoms with Gasteiger partial charge in [-0.15, -0.1) is 0 Å². The van der Waals surface area contributed by atoms with Crippen LogP contribution >= 0.6 is 0 Å². The van der Waals surface area contributed by atoms with Gasteiger partial charge in [-0.25, -0.2) is 8.42 Å². The Kier molecular flexibility index (Phi) is 5.87. The zero-order valence-electron chi connectivity index (χ0n) is 16.5. The third kappa shape index (κ3) is 4.31. The molecule has 0 radical (unpaired) electrons. The molecule has 0 aliphatic carbocycles. The van der Waals surface area contributed by atoms with Crippen molar-refractivity contribution in [1.29, 1.82) is 0 Å². The first-order chi connectivity index (χ1) is 14.1. The van der Waals surface area contributed by atoms with Gasteiger partial charge in [0.2, 0.25) is 10.0 Å². The number of nitrogens with zero attached hydrogens (tertiary/aromatic N) is 2. The molecule has 1 saturated heterocycles. The van der Waals surface area contributed by atoms with Gasteiger partial charge in [0.05, 0.1) is 4.90 Å². The fourth-order valence-corrected chi connectivity index (χ4v) is 5.59. The van der Waals surface area contributed by atoms with Gasteiger partial charge in [0.15, 0.2) is 0 Å². The van der Waals surface area contributed by atoms with Crippen LogP contribution in [0.3, 0.4) is 0 Å². The molecule has 0 saturated carbocycles. The predicted octanol–water partition coefficient (Wildman–Crippen LogP) is 2.65. The maximum Gasteiger partial charge on any atom is 0.251 e. The van der Waals surface area contributed by atoms with Crippen LogP contribution in [0.25, 0.3) is 0 Å². The van der Waals surface area contributed by atoms with E-state index in [1.54, 1.807) is 12.1 Å². The molecule has 2 aromatic rings.